The monoisotopic (exact) mass is 455 g/mol. The summed E-state index contributed by atoms with van der Waals surface area (Å²) in [6, 6.07) is 10.2. The summed E-state index contributed by atoms with van der Waals surface area (Å²) >= 11 is 0. The fourth-order valence-electron chi connectivity index (χ4n) is 3.37. The lowest BCUT2D eigenvalue weighted by Gasteiger charge is -2.15. The maximum atomic E-state index is 13.6. The number of aromatic nitrogens is 2. The molecule has 0 aliphatic carbocycles. The fraction of sp³-hybridized carbons (Fsp3) is 0.292. The molecule has 0 aliphatic heterocycles. The number of hydrogen-bond acceptors (Lipinski definition) is 4. The summed E-state index contributed by atoms with van der Waals surface area (Å²) in [4.78, 5) is 17.2. The van der Waals surface area contributed by atoms with Crippen molar-refractivity contribution in [3.63, 3.8) is 0 Å². The van der Waals surface area contributed by atoms with Crippen LogP contribution in [0.2, 0.25) is 0 Å². The molecule has 0 bridgehead atoms. The zero-order valence-electron chi connectivity index (χ0n) is 19.1. The smallest absolute Gasteiger partial charge is 0.258 e. The van der Waals surface area contributed by atoms with E-state index in [1.807, 2.05) is 44.6 Å². The van der Waals surface area contributed by atoms with Gasteiger partial charge in [0.25, 0.3) is 5.91 Å². The molecule has 1 heterocycles. The van der Waals surface area contributed by atoms with Crippen LogP contribution in [0.3, 0.4) is 0 Å². The summed E-state index contributed by atoms with van der Waals surface area (Å²) in [5, 5.41) is 10.1. The maximum Gasteiger partial charge on any atom is 0.258 e. The van der Waals surface area contributed by atoms with Crippen LogP contribution in [0.1, 0.15) is 34.2 Å². The standard InChI is InChI=1S/C24H27F2N5O2/c1-5-33-22-9-7-6-8-21(22)28-24(27-13-12-18-15(2)30-31(4)16(18)3)29-23(32)17-10-11-19(25)20(26)14-17/h6-11,14H,5,12-13H2,1-4H3,(H2,27,28,29,32). The molecule has 0 fully saturated rings. The highest BCUT2D eigenvalue weighted by molar-refractivity contribution is 6.10. The minimum absolute atomic E-state index is 0.0274. The molecule has 3 aromatic rings. The van der Waals surface area contributed by atoms with Crippen LogP contribution in [0.25, 0.3) is 0 Å². The topological polar surface area (TPSA) is 80.5 Å². The predicted octanol–water partition coefficient (Wildman–Crippen LogP) is 4.15. The number of anilines is 1. The molecular formula is C24H27F2N5O2. The number of guanidine groups is 1. The highest BCUT2D eigenvalue weighted by Crippen LogP contribution is 2.23. The molecule has 0 spiro atoms. The number of aliphatic imine (C=N–C) groups is 1. The summed E-state index contributed by atoms with van der Waals surface area (Å²) in [7, 11) is 1.88. The van der Waals surface area contributed by atoms with Gasteiger partial charge in [-0.1, -0.05) is 12.1 Å². The van der Waals surface area contributed by atoms with Crippen LogP contribution in [0.5, 0.6) is 5.75 Å². The zero-order valence-corrected chi connectivity index (χ0v) is 19.1. The third-order valence-corrected chi connectivity index (χ3v) is 5.14. The van der Waals surface area contributed by atoms with Gasteiger partial charge in [-0.2, -0.15) is 5.10 Å². The Morgan fingerprint density at radius 3 is 2.58 bits per heavy atom. The van der Waals surface area contributed by atoms with Gasteiger partial charge in [0.2, 0.25) is 5.96 Å². The average Bonchev–Trinajstić information content (AvgIpc) is 3.02. The molecule has 33 heavy (non-hydrogen) atoms. The normalized spacial score (nSPS) is 11.4. The highest BCUT2D eigenvalue weighted by atomic mass is 19.2. The molecule has 1 amide bonds. The van der Waals surface area contributed by atoms with Gasteiger partial charge in [-0.3, -0.25) is 19.8 Å². The summed E-state index contributed by atoms with van der Waals surface area (Å²) in [5.74, 6) is -1.99. The van der Waals surface area contributed by atoms with Crippen molar-refractivity contribution < 1.29 is 18.3 Å². The van der Waals surface area contributed by atoms with Gasteiger partial charge >= 0.3 is 0 Å². The van der Waals surface area contributed by atoms with Crippen molar-refractivity contribution >= 4 is 17.6 Å². The van der Waals surface area contributed by atoms with Crippen LogP contribution in [0, 0.1) is 25.5 Å². The molecule has 0 unspecified atom stereocenters. The van der Waals surface area contributed by atoms with Crippen molar-refractivity contribution in [1.82, 2.24) is 15.1 Å². The third kappa shape index (κ3) is 5.94. The lowest BCUT2D eigenvalue weighted by atomic mass is 10.1. The van der Waals surface area contributed by atoms with Crippen molar-refractivity contribution in [3.05, 3.63) is 76.6 Å². The number of para-hydroxylation sites is 2. The molecule has 7 nitrogen and oxygen atoms in total. The number of hydrogen-bond donors (Lipinski definition) is 2. The Morgan fingerprint density at radius 2 is 1.91 bits per heavy atom. The van der Waals surface area contributed by atoms with E-state index in [0.29, 0.717) is 31.0 Å². The first kappa shape index (κ1) is 23.9. The van der Waals surface area contributed by atoms with E-state index in [4.69, 9.17) is 4.74 Å². The van der Waals surface area contributed by atoms with Crippen molar-refractivity contribution in [3.8, 4) is 5.75 Å². The largest absolute Gasteiger partial charge is 0.492 e. The van der Waals surface area contributed by atoms with Crippen molar-refractivity contribution in [2.75, 3.05) is 18.5 Å². The van der Waals surface area contributed by atoms with E-state index in [9.17, 15) is 13.6 Å². The van der Waals surface area contributed by atoms with E-state index in [2.05, 4.69) is 20.7 Å². The Labute approximate surface area is 191 Å². The lowest BCUT2D eigenvalue weighted by Crippen LogP contribution is -2.36. The minimum Gasteiger partial charge on any atom is -0.492 e. The summed E-state index contributed by atoms with van der Waals surface area (Å²) in [6.07, 6.45) is 0.616. The SMILES string of the molecule is CCOc1ccccc1NC(=NCCc1c(C)nn(C)c1C)NC(=O)c1ccc(F)c(F)c1. The van der Waals surface area contributed by atoms with Gasteiger partial charge in [0.15, 0.2) is 11.6 Å². The molecule has 174 valence electrons. The molecule has 0 saturated heterocycles. The first-order valence-electron chi connectivity index (χ1n) is 10.6. The second-order valence-electron chi connectivity index (χ2n) is 7.39. The third-order valence-electron chi connectivity index (χ3n) is 5.14. The number of aryl methyl sites for hydroxylation is 2. The van der Waals surface area contributed by atoms with Gasteiger partial charge in [-0.05, 0) is 63.1 Å². The zero-order chi connectivity index (χ0) is 24.0. The van der Waals surface area contributed by atoms with E-state index in [-0.39, 0.29) is 11.5 Å². The van der Waals surface area contributed by atoms with Gasteiger partial charge in [0.05, 0.1) is 18.0 Å². The maximum absolute atomic E-state index is 13.6. The summed E-state index contributed by atoms with van der Waals surface area (Å²) in [6.45, 7) is 6.63. The first-order valence-corrected chi connectivity index (χ1v) is 10.6. The van der Waals surface area contributed by atoms with E-state index in [0.717, 1.165) is 29.1 Å². The van der Waals surface area contributed by atoms with Gasteiger partial charge in [-0.15, -0.1) is 0 Å². The van der Waals surface area contributed by atoms with Crippen LogP contribution in [0.4, 0.5) is 14.5 Å². The molecule has 3 rings (SSSR count). The van der Waals surface area contributed by atoms with Crippen LogP contribution in [-0.4, -0.2) is 34.8 Å². The van der Waals surface area contributed by atoms with Crippen LogP contribution < -0.4 is 15.4 Å². The van der Waals surface area contributed by atoms with E-state index in [1.54, 1.807) is 12.1 Å². The highest BCUT2D eigenvalue weighted by Gasteiger charge is 2.14. The first-order chi connectivity index (χ1) is 15.8. The number of ether oxygens (including phenoxy) is 1. The molecular weight excluding hydrogens is 428 g/mol. The fourth-order valence-corrected chi connectivity index (χ4v) is 3.37. The number of rotatable bonds is 7. The molecule has 9 heteroatoms. The second-order valence-corrected chi connectivity index (χ2v) is 7.39. The number of carbonyl (C=O) groups is 1. The second kappa shape index (κ2) is 10.7. The van der Waals surface area contributed by atoms with Crippen molar-refractivity contribution in [1.29, 1.82) is 0 Å². The molecule has 0 aliphatic rings. The number of nitrogens with zero attached hydrogens (tertiary/aromatic N) is 3. The lowest BCUT2D eigenvalue weighted by molar-refractivity contribution is 0.0976. The molecule has 2 N–H and O–H groups in total. The van der Waals surface area contributed by atoms with Gasteiger partial charge in [0.1, 0.15) is 5.75 Å². The Hall–Kier alpha value is -3.75. The number of nitrogens with one attached hydrogen (secondary N) is 2. The number of benzene rings is 2. The molecule has 0 saturated carbocycles. The molecule has 0 atom stereocenters. The average molecular weight is 456 g/mol. The number of carbonyl (C=O) groups excluding carboxylic acids is 1. The Bertz CT molecular complexity index is 1170. The van der Waals surface area contributed by atoms with Crippen LogP contribution in [-0.2, 0) is 13.5 Å². The Balaban J connectivity index is 1.84. The Morgan fingerprint density at radius 1 is 1.15 bits per heavy atom. The van der Waals surface area contributed by atoms with Crippen LogP contribution in [0.15, 0.2) is 47.5 Å². The van der Waals surface area contributed by atoms with E-state index in [1.165, 1.54) is 6.07 Å². The minimum atomic E-state index is -1.10. The molecule has 0 radical (unpaired) electrons. The van der Waals surface area contributed by atoms with Crippen molar-refractivity contribution in [2.24, 2.45) is 12.0 Å². The van der Waals surface area contributed by atoms with Gasteiger partial charge in [0, 0.05) is 24.8 Å². The number of halogens is 2. The van der Waals surface area contributed by atoms with Gasteiger partial charge < -0.3 is 10.1 Å². The molecule has 2 aromatic carbocycles. The summed E-state index contributed by atoms with van der Waals surface area (Å²) in [5.41, 5.74) is 3.64. The van der Waals surface area contributed by atoms with Gasteiger partial charge in [-0.25, -0.2) is 8.78 Å². The Kier molecular flexibility index (Phi) is 7.76. The van der Waals surface area contributed by atoms with Crippen LogP contribution >= 0.6 is 0 Å². The predicted molar refractivity (Wildman–Crippen MR) is 124 cm³/mol. The number of amides is 1. The summed E-state index contributed by atoms with van der Waals surface area (Å²) < 4.78 is 34.3. The van der Waals surface area contributed by atoms with E-state index < -0.39 is 17.5 Å². The molecule has 1 aromatic heterocycles. The van der Waals surface area contributed by atoms with Crippen molar-refractivity contribution in [2.45, 2.75) is 27.2 Å². The van der Waals surface area contributed by atoms with E-state index >= 15 is 0 Å². The quantitative estimate of drug-likeness (QED) is 0.414.